The molecule has 0 bridgehead atoms. The third-order valence-corrected chi connectivity index (χ3v) is 4.19. The number of hydrogen-bond acceptors (Lipinski definition) is 2. The van der Waals surface area contributed by atoms with E-state index in [9.17, 15) is 0 Å². The van der Waals surface area contributed by atoms with Crippen LogP contribution in [0.4, 0.5) is 0 Å². The number of benzene rings is 1. The number of hydrogen-bond donors (Lipinski definition) is 1. The Balaban J connectivity index is 1.85. The summed E-state index contributed by atoms with van der Waals surface area (Å²) < 4.78 is 6.12. The van der Waals surface area contributed by atoms with Gasteiger partial charge in [0, 0.05) is 6.04 Å². The zero-order chi connectivity index (χ0) is 12.6. The SMILES string of the molecule is CC1(C)CCc2ccc(C3CCCCN3)cc2O1. The van der Waals surface area contributed by atoms with Crippen molar-refractivity contribution >= 4 is 0 Å². The van der Waals surface area contributed by atoms with E-state index in [0.29, 0.717) is 6.04 Å². The van der Waals surface area contributed by atoms with Gasteiger partial charge in [0.1, 0.15) is 11.4 Å². The van der Waals surface area contributed by atoms with Gasteiger partial charge in [0.15, 0.2) is 0 Å². The Morgan fingerprint density at radius 2 is 2.17 bits per heavy atom. The highest BCUT2D eigenvalue weighted by Gasteiger charge is 2.27. The molecule has 0 aromatic heterocycles. The van der Waals surface area contributed by atoms with Crippen LogP contribution in [0.2, 0.25) is 0 Å². The van der Waals surface area contributed by atoms with E-state index in [0.717, 1.165) is 25.1 Å². The predicted molar refractivity (Wildman–Crippen MR) is 74.1 cm³/mol. The van der Waals surface area contributed by atoms with Gasteiger partial charge in [0.25, 0.3) is 0 Å². The molecular weight excluding hydrogens is 222 g/mol. The van der Waals surface area contributed by atoms with Crippen LogP contribution in [0.5, 0.6) is 5.75 Å². The summed E-state index contributed by atoms with van der Waals surface area (Å²) in [4.78, 5) is 0. The Kier molecular flexibility index (Phi) is 3.06. The average molecular weight is 245 g/mol. The molecule has 2 nitrogen and oxygen atoms in total. The lowest BCUT2D eigenvalue weighted by atomic mass is 9.91. The van der Waals surface area contributed by atoms with E-state index in [1.54, 1.807) is 0 Å². The molecule has 0 saturated carbocycles. The van der Waals surface area contributed by atoms with E-state index in [2.05, 4.69) is 37.4 Å². The number of nitrogens with one attached hydrogen (secondary N) is 1. The lowest BCUT2D eigenvalue weighted by Crippen LogP contribution is -2.33. The second-order valence-corrected chi connectivity index (χ2v) is 6.23. The summed E-state index contributed by atoms with van der Waals surface area (Å²) in [5.74, 6) is 1.11. The van der Waals surface area contributed by atoms with Crippen LogP contribution in [0.1, 0.15) is 56.7 Å². The summed E-state index contributed by atoms with van der Waals surface area (Å²) >= 11 is 0. The molecule has 0 aliphatic carbocycles. The fraction of sp³-hybridized carbons (Fsp3) is 0.625. The van der Waals surface area contributed by atoms with Crippen molar-refractivity contribution < 1.29 is 4.74 Å². The van der Waals surface area contributed by atoms with Crippen LogP contribution in [-0.4, -0.2) is 12.1 Å². The highest BCUT2D eigenvalue weighted by molar-refractivity contribution is 5.41. The van der Waals surface area contributed by atoms with Crippen LogP contribution >= 0.6 is 0 Å². The molecule has 0 radical (unpaired) electrons. The molecule has 0 spiro atoms. The molecular formula is C16H23NO. The minimum atomic E-state index is -0.00832. The fourth-order valence-electron chi connectivity index (χ4n) is 3.01. The van der Waals surface area contributed by atoms with Gasteiger partial charge in [0.2, 0.25) is 0 Å². The second kappa shape index (κ2) is 4.58. The van der Waals surface area contributed by atoms with Crippen molar-refractivity contribution in [2.45, 2.75) is 57.6 Å². The minimum absolute atomic E-state index is 0.00832. The Morgan fingerprint density at radius 1 is 1.28 bits per heavy atom. The molecule has 1 fully saturated rings. The molecule has 1 N–H and O–H groups in total. The third-order valence-electron chi connectivity index (χ3n) is 4.19. The van der Waals surface area contributed by atoms with E-state index in [-0.39, 0.29) is 5.60 Å². The Hall–Kier alpha value is -1.02. The zero-order valence-electron chi connectivity index (χ0n) is 11.5. The van der Waals surface area contributed by atoms with Crippen molar-refractivity contribution in [2.75, 3.05) is 6.54 Å². The smallest absolute Gasteiger partial charge is 0.123 e. The van der Waals surface area contributed by atoms with Crippen molar-refractivity contribution in [3.05, 3.63) is 29.3 Å². The third kappa shape index (κ3) is 2.39. The predicted octanol–water partition coefficient (Wildman–Crippen LogP) is 3.60. The van der Waals surface area contributed by atoms with Crippen molar-refractivity contribution in [1.82, 2.24) is 5.32 Å². The van der Waals surface area contributed by atoms with Gasteiger partial charge < -0.3 is 10.1 Å². The van der Waals surface area contributed by atoms with Gasteiger partial charge in [-0.1, -0.05) is 18.6 Å². The van der Waals surface area contributed by atoms with Gasteiger partial charge in [-0.15, -0.1) is 0 Å². The molecule has 98 valence electrons. The molecule has 1 aromatic carbocycles. The van der Waals surface area contributed by atoms with Crippen molar-refractivity contribution in [2.24, 2.45) is 0 Å². The molecule has 3 rings (SSSR count). The topological polar surface area (TPSA) is 21.3 Å². The van der Waals surface area contributed by atoms with Crippen molar-refractivity contribution in [3.63, 3.8) is 0 Å². The summed E-state index contributed by atoms with van der Waals surface area (Å²) in [5.41, 5.74) is 2.76. The molecule has 2 aliphatic heterocycles. The molecule has 1 atom stereocenters. The Morgan fingerprint density at radius 3 is 2.94 bits per heavy atom. The average Bonchev–Trinajstić information content (AvgIpc) is 2.38. The number of aryl methyl sites for hydroxylation is 1. The highest BCUT2D eigenvalue weighted by Crippen LogP contribution is 2.35. The maximum absolute atomic E-state index is 6.12. The van der Waals surface area contributed by atoms with Gasteiger partial charge in [-0.25, -0.2) is 0 Å². The van der Waals surface area contributed by atoms with E-state index >= 15 is 0 Å². The number of piperidine rings is 1. The molecule has 0 amide bonds. The molecule has 2 aliphatic rings. The second-order valence-electron chi connectivity index (χ2n) is 6.23. The fourth-order valence-corrected chi connectivity index (χ4v) is 3.01. The van der Waals surface area contributed by atoms with Crippen LogP contribution in [-0.2, 0) is 6.42 Å². The highest BCUT2D eigenvalue weighted by atomic mass is 16.5. The van der Waals surface area contributed by atoms with Crippen LogP contribution in [0.25, 0.3) is 0 Å². The van der Waals surface area contributed by atoms with Gasteiger partial charge >= 0.3 is 0 Å². The van der Waals surface area contributed by atoms with Gasteiger partial charge in [-0.05, 0) is 63.3 Å². The normalized spacial score (nSPS) is 26.2. The van der Waals surface area contributed by atoms with Gasteiger partial charge in [0.05, 0.1) is 0 Å². The summed E-state index contributed by atoms with van der Waals surface area (Å²) in [6.07, 6.45) is 6.15. The maximum atomic E-state index is 6.12. The van der Waals surface area contributed by atoms with Crippen molar-refractivity contribution in [3.8, 4) is 5.75 Å². The van der Waals surface area contributed by atoms with Gasteiger partial charge in [-0.3, -0.25) is 0 Å². The lowest BCUT2D eigenvalue weighted by molar-refractivity contribution is 0.0845. The van der Waals surface area contributed by atoms with E-state index in [1.165, 1.54) is 30.4 Å². The van der Waals surface area contributed by atoms with Crippen LogP contribution in [0.15, 0.2) is 18.2 Å². The molecule has 18 heavy (non-hydrogen) atoms. The summed E-state index contributed by atoms with van der Waals surface area (Å²) in [5, 5.41) is 3.61. The quantitative estimate of drug-likeness (QED) is 0.816. The molecule has 2 heterocycles. The number of ether oxygens (including phenoxy) is 1. The summed E-state index contributed by atoms with van der Waals surface area (Å²) in [6, 6.07) is 7.33. The maximum Gasteiger partial charge on any atom is 0.123 e. The first-order valence-corrected chi connectivity index (χ1v) is 7.19. The first kappa shape index (κ1) is 12.0. The number of rotatable bonds is 1. The van der Waals surface area contributed by atoms with Gasteiger partial charge in [-0.2, -0.15) is 0 Å². The Bertz CT molecular complexity index is 433. The van der Waals surface area contributed by atoms with Crippen molar-refractivity contribution in [1.29, 1.82) is 0 Å². The van der Waals surface area contributed by atoms with Crippen LogP contribution in [0.3, 0.4) is 0 Å². The zero-order valence-corrected chi connectivity index (χ0v) is 11.5. The summed E-state index contributed by atoms with van der Waals surface area (Å²) in [7, 11) is 0. The lowest BCUT2D eigenvalue weighted by Gasteiger charge is -2.33. The summed E-state index contributed by atoms with van der Waals surface area (Å²) in [6.45, 7) is 5.51. The van der Waals surface area contributed by atoms with Crippen LogP contribution in [0, 0.1) is 0 Å². The monoisotopic (exact) mass is 245 g/mol. The number of fused-ring (bicyclic) bond motifs is 1. The van der Waals surface area contributed by atoms with Crippen LogP contribution < -0.4 is 10.1 Å². The van der Waals surface area contributed by atoms with E-state index < -0.39 is 0 Å². The van der Waals surface area contributed by atoms with E-state index in [4.69, 9.17) is 4.74 Å². The Labute approximate surface area is 110 Å². The largest absolute Gasteiger partial charge is 0.488 e. The minimum Gasteiger partial charge on any atom is -0.488 e. The first-order chi connectivity index (χ1) is 8.64. The molecule has 1 aromatic rings. The molecule has 1 saturated heterocycles. The standard InChI is InChI=1S/C16H23NO/c1-16(2)9-8-12-6-7-13(11-15(12)18-16)14-5-3-4-10-17-14/h6-7,11,14,17H,3-5,8-10H2,1-2H3. The molecule has 1 unspecified atom stereocenters. The first-order valence-electron chi connectivity index (χ1n) is 7.19. The van der Waals surface area contributed by atoms with E-state index in [1.807, 2.05) is 0 Å². The molecule has 2 heteroatoms.